The molecule has 126 valence electrons. The Kier molecular flexibility index (Phi) is 8.42. The minimum absolute atomic E-state index is 0.154. The van der Waals surface area contributed by atoms with Gasteiger partial charge in [0.15, 0.2) is 0 Å². The van der Waals surface area contributed by atoms with Gasteiger partial charge in [-0.15, -0.1) is 0 Å². The van der Waals surface area contributed by atoms with Crippen molar-refractivity contribution in [3.05, 3.63) is 35.4 Å². The smallest absolute Gasteiger partial charge is 0.305 e. The first-order valence-corrected chi connectivity index (χ1v) is 7.80. The van der Waals surface area contributed by atoms with Crippen molar-refractivity contribution in [2.75, 3.05) is 19.7 Å². The monoisotopic (exact) mass is 320 g/mol. The molecule has 0 aliphatic rings. The molecule has 0 radical (unpaired) electrons. The van der Waals surface area contributed by atoms with Crippen LogP contribution >= 0.6 is 0 Å². The van der Waals surface area contributed by atoms with Crippen LogP contribution in [0.3, 0.4) is 0 Å². The van der Waals surface area contributed by atoms with E-state index in [4.69, 9.17) is 4.74 Å². The van der Waals surface area contributed by atoms with E-state index in [2.05, 4.69) is 10.6 Å². The highest BCUT2D eigenvalue weighted by Crippen LogP contribution is 2.06. The molecular weight excluding hydrogens is 296 g/mol. The van der Waals surface area contributed by atoms with Crippen molar-refractivity contribution >= 4 is 17.8 Å². The third-order valence-electron chi connectivity index (χ3n) is 3.21. The first kappa shape index (κ1) is 18.7. The lowest BCUT2D eigenvalue weighted by Gasteiger charge is -2.08. The van der Waals surface area contributed by atoms with Gasteiger partial charge in [0.25, 0.3) is 5.91 Å². The van der Waals surface area contributed by atoms with Gasteiger partial charge in [-0.25, -0.2) is 0 Å². The van der Waals surface area contributed by atoms with Gasteiger partial charge in [-0.2, -0.15) is 0 Å². The van der Waals surface area contributed by atoms with Gasteiger partial charge in [-0.05, 0) is 31.9 Å². The molecule has 1 rings (SSSR count). The standard InChI is InChI=1S/C17H24N2O4/c1-3-23-16(21)9-6-11-18-15(20)10-12-19-17(22)14-8-5-4-7-13(14)2/h4-5,7-8H,3,6,9-12H2,1-2H3,(H,18,20)(H,19,22). The van der Waals surface area contributed by atoms with E-state index >= 15 is 0 Å². The van der Waals surface area contributed by atoms with Gasteiger partial charge in [0.1, 0.15) is 0 Å². The van der Waals surface area contributed by atoms with Gasteiger partial charge in [0, 0.05) is 31.5 Å². The van der Waals surface area contributed by atoms with Gasteiger partial charge >= 0.3 is 5.97 Å². The molecule has 0 saturated heterocycles. The molecule has 0 aliphatic carbocycles. The zero-order valence-corrected chi connectivity index (χ0v) is 13.7. The summed E-state index contributed by atoms with van der Waals surface area (Å²) in [4.78, 5) is 34.7. The fourth-order valence-electron chi connectivity index (χ4n) is 1.99. The molecule has 23 heavy (non-hydrogen) atoms. The van der Waals surface area contributed by atoms with Crippen molar-refractivity contribution in [2.24, 2.45) is 0 Å². The van der Waals surface area contributed by atoms with E-state index in [1.54, 1.807) is 19.1 Å². The zero-order chi connectivity index (χ0) is 17.1. The summed E-state index contributed by atoms with van der Waals surface area (Å²) in [7, 11) is 0. The second kappa shape index (κ2) is 10.4. The number of nitrogens with one attached hydrogen (secondary N) is 2. The Balaban J connectivity index is 2.16. The summed E-state index contributed by atoms with van der Waals surface area (Å²) in [5.74, 6) is -0.593. The van der Waals surface area contributed by atoms with Crippen LogP contribution in [0, 0.1) is 6.92 Å². The van der Waals surface area contributed by atoms with Crippen LogP contribution in [0.2, 0.25) is 0 Å². The van der Waals surface area contributed by atoms with E-state index < -0.39 is 0 Å². The Hall–Kier alpha value is -2.37. The second-order valence-corrected chi connectivity index (χ2v) is 5.08. The Bertz CT molecular complexity index is 543. The number of aryl methyl sites for hydroxylation is 1. The van der Waals surface area contributed by atoms with Gasteiger partial charge in [0.05, 0.1) is 6.61 Å². The van der Waals surface area contributed by atoms with Crippen molar-refractivity contribution in [1.29, 1.82) is 0 Å². The highest BCUT2D eigenvalue weighted by atomic mass is 16.5. The Labute approximate surface area is 136 Å². The molecule has 2 amide bonds. The average Bonchev–Trinajstić information content (AvgIpc) is 2.52. The molecule has 1 aromatic rings. The molecule has 0 aromatic heterocycles. The van der Waals surface area contributed by atoms with Crippen LogP contribution in [0.25, 0.3) is 0 Å². The highest BCUT2D eigenvalue weighted by molar-refractivity contribution is 5.95. The number of amides is 2. The first-order valence-electron chi connectivity index (χ1n) is 7.80. The minimum Gasteiger partial charge on any atom is -0.466 e. The van der Waals surface area contributed by atoms with Crippen LogP contribution in [0.1, 0.15) is 42.1 Å². The maximum atomic E-state index is 11.9. The van der Waals surface area contributed by atoms with E-state index in [9.17, 15) is 14.4 Å². The minimum atomic E-state index is -0.257. The van der Waals surface area contributed by atoms with Gasteiger partial charge < -0.3 is 15.4 Å². The Morgan fingerprint density at radius 2 is 1.78 bits per heavy atom. The lowest BCUT2D eigenvalue weighted by Crippen LogP contribution is -2.31. The number of esters is 1. The summed E-state index contributed by atoms with van der Waals surface area (Å²) in [6, 6.07) is 7.29. The fourth-order valence-corrected chi connectivity index (χ4v) is 1.99. The number of carbonyl (C=O) groups is 3. The molecule has 0 unspecified atom stereocenters. The maximum Gasteiger partial charge on any atom is 0.305 e. The maximum absolute atomic E-state index is 11.9. The van der Waals surface area contributed by atoms with Crippen molar-refractivity contribution < 1.29 is 19.1 Å². The summed E-state index contributed by atoms with van der Waals surface area (Å²) < 4.78 is 4.79. The molecule has 0 bridgehead atoms. The molecule has 0 atom stereocenters. The molecule has 0 saturated carbocycles. The summed E-state index contributed by atoms with van der Waals surface area (Å²) in [5.41, 5.74) is 1.51. The second-order valence-electron chi connectivity index (χ2n) is 5.08. The quantitative estimate of drug-likeness (QED) is 0.534. The third kappa shape index (κ3) is 7.44. The normalized spacial score (nSPS) is 10.0. The predicted molar refractivity (Wildman–Crippen MR) is 87.0 cm³/mol. The number of carbonyl (C=O) groups excluding carboxylic acids is 3. The highest BCUT2D eigenvalue weighted by Gasteiger charge is 2.08. The molecule has 0 aliphatic heterocycles. The number of hydrogen-bond acceptors (Lipinski definition) is 4. The van der Waals surface area contributed by atoms with Crippen LogP contribution in [-0.2, 0) is 14.3 Å². The van der Waals surface area contributed by atoms with Gasteiger partial charge in [0.2, 0.25) is 5.91 Å². The lowest BCUT2D eigenvalue weighted by atomic mass is 10.1. The molecule has 6 nitrogen and oxygen atoms in total. The third-order valence-corrected chi connectivity index (χ3v) is 3.21. The molecule has 0 fully saturated rings. The summed E-state index contributed by atoms with van der Waals surface area (Å²) in [6.45, 7) is 4.68. The number of benzene rings is 1. The fraction of sp³-hybridized carbons (Fsp3) is 0.471. The predicted octanol–water partition coefficient (Wildman–Crippen LogP) is 1.57. The van der Waals surface area contributed by atoms with Crippen molar-refractivity contribution in [2.45, 2.75) is 33.1 Å². The number of hydrogen-bond donors (Lipinski definition) is 2. The van der Waals surface area contributed by atoms with Crippen molar-refractivity contribution in [3.63, 3.8) is 0 Å². The van der Waals surface area contributed by atoms with Crippen LogP contribution in [0.4, 0.5) is 0 Å². The van der Waals surface area contributed by atoms with Gasteiger partial charge in [-0.3, -0.25) is 14.4 Å². The van der Waals surface area contributed by atoms with E-state index in [1.807, 2.05) is 19.1 Å². The largest absolute Gasteiger partial charge is 0.466 e. The first-order chi connectivity index (χ1) is 11.0. The van der Waals surface area contributed by atoms with Crippen LogP contribution < -0.4 is 10.6 Å². The molecule has 2 N–H and O–H groups in total. The SMILES string of the molecule is CCOC(=O)CCCNC(=O)CCNC(=O)c1ccccc1C. The van der Waals surface area contributed by atoms with Crippen LogP contribution in [0.5, 0.6) is 0 Å². The Morgan fingerprint density at radius 3 is 2.48 bits per heavy atom. The van der Waals surface area contributed by atoms with E-state index in [0.717, 1.165) is 5.56 Å². The molecular formula is C17H24N2O4. The molecule has 0 heterocycles. The molecule has 0 spiro atoms. The van der Waals surface area contributed by atoms with E-state index in [-0.39, 0.29) is 37.2 Å². The average molecular weight is 320 g/mol. The van der Waals surface area contributed by atoms with E-state index in [1.165, 1.54) is 0 Å². The lowest BCUT2D eigenvalue weighted by molar-refractivity contribution is -0.143. The Morgan fingerprint density at radius 1 is 1.04 bits per heavy atom. The number of ether oxygens (including phenoxy) is 1. The van der Waals surface area contributed by atoms with Gasteiger partial charge in [-0.1, -0.05) is 18.2 Å². The van der Waals surface area contributed by atoms with Crippen LogP contribution in [-0.4, -0.2) is 37.5 Å². The zero-order valence-electron chi connectivity index (χ0n) is 13.7. The topological polar surface area (TPSA) is 84.5 Å². The summed E-state index contributed by atoms with van der Waals surface area (Å²) in [5, 5.41) is 5.43. The summed E-state index contributed by atoms with van der Waals surface area (Å²) in [6.07, 6.45) is 1.04. The number of rotatable bonds is 9. The molecule has 1 aromatic carbocycles. The summed E-state index contributed by atoms with van der Waals surface area (Å²) >= 11 is 0. The van der Waals surface area contributed by atoms with Crippen LogP contribution in [0.15, 0.2) is 24.3 Å². The van der Waals surface area contributed by atoms with E-state index in [0.29, 0.717) is 25.1 Å². The molecule has 6 heteroatoms. The van der Waals surface area contributed by atoms with Crippen molar-refractivity contribution in [1.82, 2.24) is 10.6 Å². The van der Waals surface area contributed by atoms with Crippen molar-refractivity contribution in [3.8, 4) is 0 Å².